The molecule has 110 valence electrons. The molecule has 0 spiro atoms. The zero-order chi connectivity index (χ0) is 14.4. The molecule has 0 N–H and O–H groups in total. The first-order valence-corrected chi connectivity index (χ1v) is 7.25. The molecule has 20 heavy (non-hydrogen) atoms. The number of carbonyl (C=O) groups is 1. The molecular weight excluding hydrogens is 252 g/mol. The van der Waals surface area contributed by atoms with Gasteiger partial charge in [-0.05, 0) is 19.5 Å². The van der Waals surface area contributed by atoms with E-state index in [4.69, 9.17) is 4.74 Å². The Morgan fingerprint density at radius 2 is 2.00 bits per heavy atom. The zero-order valence-corrected chi connectivity index (χ0v) is 12.5. The normalized spacial score (nSPS) is 16.4. The number of rotatable bonds is 5. The molecule has 1 heterocycles. The molecule has 1 amide bonds. The number of benzene rings is 1. The van der Waals surface area contributed by atoms with Crippen molar-refractivity contribution in [2.24, 2.45) is 0 Å². The van der Waals surface area contributed by atoms with Gasteiger partial charge in [0.1, 0.15) is 0 Å². The monoisotopic (exact) mass is 276 g/mol. The van der Waals surface area contributed by atoms with Gasteiger partial charge in [0.25, 0.3) is 0 Å². The van der Waals surface area contributed by atoms with Crippen LogP contribution < -0.4 is 0 Å². The van der Waals surface area contributed by atoms with E-state index in [2.05, 4.69) is 37.1 Å². The van der Waals surface area contributed by atoms with Gasteiger partial charge in [0, 0.05) is 26.2 Å². The van der Waals surface area contributed by atoms with Crippen molar-refractivity contribution >= 4 is 5.91 Å². The Kier molecular flexibility index (Phi) is 5.56. The summed E-state index contributed by atoms with van der Waals surface area (Å²) in [5.74, 6) is 0.211. The number of hydrogen-bond acceptors (Lipinski definition) is 3. The van der Waals surface area contributed by atoms with Crippen LogP contribution in [0.15, 0.2) is 24.3 Å². The summed E-state index contributed by atoms with van der Waals surface area (Å²) in [6, 6.07) is 8.27. The van der Waals surface area contributed by atoms with Gasteiger partial charge in [-0.3, -0.25) is 4.79 Å². The number of piperazine rings is 1. The Morgan fingerprint density at radius 1 is 1.25 bits per heavy atom. The fourth-order valence-electron chi connectivity index (χ4n) is 2.37. The smallest absolute Gasteiger partial charge is 0.224 e. The number of carbonyl (C=O) groups excluding carboxylic acids is 1. The highest BCUT2D eigenvalue weighted by molar-refractivity contribution is 5.76. The third kappa shape index (κ3) is 4.62. The second-order valence-electron chi connectivity index (χ2n) is 5.48. The largest absolute Gasteiger partial charge is 0.376 e. The van der Waals surface area contributed by atoms with E-state index >= 15 is 0 Å². The van der Waals surface area contributed by atoms with Gasteiger partial charge >= 0.3 is 0 Å². The second kappa shape index (κ2) is 7.41. The van der Waals surface area contributed by atoms with Crippen LogP contribution in [0.4, 0.5) is 0 Å². The lowest BCUT2D eigenvalue weighted by Gasteiger charge is -2.32. The molecule has 2 rings (SSSR count). The predicted molar refractivity (Wildman–Crippen MR) is 79.5 cm³/mol. The molecule has 1 fully saturated rings. The maximum absolute atomic E-state index is 12.0. The van der Waals surface area contributed by atoms with Gasteiger partial charge in [0.15, 0.2) is 0 Å². The Balaban J connectivity index is 1.64. The van der Waals surface area contributed by atoms with Gasteiger partial charge in [-0.2, -0.15) is 0 Å². The molecule has 0 bridgehead atoms. The van der Waals surface area contributed by atoms with Crippen molar-refractivity contribution in [3.05, 3.63) is 35.4 Å². The Morgan fingerprint density at radius 3 is 2.70 bits per heavy atom. The molecule has 1 aliphatic heterocycles. The highest BCUT2D eigenvalue weighted by atomic mass is 16.5. The summed E-state index contributed by atoms with van der Waals surface area (Å²) in [4.78, 5) is 16.2. The van der Waals surface area contributed by atoms with Crippen LogP contribution in [0.2, 0.25) is 0 Å². The van der Waals surface area contributed by atoms with Crippen LogP contribution in [0.5, 0.6) is 0 Å². The highest BCUT2D eigenvalue weighted by Gasteiger charge is 2.18. The van der Waals surface area contributed by atoms with E-state index in [0.717, 1.165) is 31.7 Å². The fourth-order valence-corrected chi connectivity index (χ4v) is 2.37. The van der Waals surface area contributed by atoms with Crippen molar-refractivity contribution in [1.82, 2.24) is 9.80 Å². The van der Waals surface area contributed by atoms with Crippen LogP contribution in [0.25, 0.3) is 0 Å². The lowest BCUT2D eigenvalue weighted by molar-refractivity contribution is -0.134. The van der Waals surface area contributed by atoms with Crippen molar-refractivity contribution in [2.45, 2.75) is 20.0 Å². The van der Waals surface area contributed by atoms with E-state index in [0.29, 0.717) is 19.6 Å². The third-order valence-corrected chi connectivity index (χ3v) is 3.67. The van der Waals surface area contributed by atoms with E-state index in [-0.39, 0.29) is 5.91 Å². The average molecular weight is 276 g/mol. The van der Waals surface area contributed by atoms with E-state index in [1.807, 2.05) is 11.0 Å². The first-order valence-electron chi connectivity index (χ1n) is 7.25. The molecule has 1 saturated heterocycles. The minimum Gasteiger partial charge on any atom is -0.376 e. The number of amides is 1. The average Bonchev–Trinajstić information content (AvgIpc) is 2.44. The topological polar surface area (TPSA) is 32.8 Å². The van der Waals surface area contributed by atoms with Gasteiger partial charge in [0.2, 0.25) is 5.91 Å². The third-order valence-electron chi connectivity index (χ3n) is 3.67. The number of aryl methyl sites for hydroxylation is 1. The van der Waals surface area contributed by atoms with Gasteiger partial charge in [-0.25, -0.2) is 0 Å². The van der Waals surface area contributed by atoms with Crippen molar-refractivity contribution in [1.29, 1.82) is 0 Å². The fraction of sp³-hybridized carbons (Fsp3) is 0.562. The highest BCUT2D eigenvalue weighted by Crippen LogP contribution is 2.06. The number of hydrogen-bond donors (Lipinski definition) is 0. The quantitative estimate of drug-likeness (QED) is 0.767. The van der Waals surface area contributed by atoms with E-state index in [1.54, 1.807) is 0 Å². The van der Waals surface area contributed by atoms with Crippen molar-refractivity contribution in [3.63, 3.8) is 0 Å². The second-order valence-corrected chi connectivity index (χ2v) is 5.48. The van der Waals surface area contributed by atoms with E-state index < -0.39 is 0 Å². The van der Waals surface area contributed by atoms with Crippen LogP contribution in [-0.4, -0.2) is 55.5 Å². The first-order chi connectivity index (χ1) is 9.65. The van der Waals surface area contributed by atoms with Gasteiger partial charge in [-0.1, -0.05) is 29.8 Å². The van der Waals surface area contributed by atoms with Crippen molar-refractivity contribution in [2.75, 3.05) is 39.8 Å². The molecule has 4 nitrogen and oxygen atoms in total. The van der Waals surface area contributed by atoms with Gasteiger partial charge in [0.05, 0.1) is 19.6 Å². The van der Waals surface area contributed by atoms with Gasteiger partial charge < -0.3 is 14.5 Å². The van der Waals surface area contributed by atoms with Crippen LogP contribution >= 0.6 is 0 Å². The molecule has 0 aromatic heterocycles. The standard InChI is InChI=1S/C16H24N2O2/c1-14-4-3-5-15(12-14)13-20-11-6-16(19)18-9-7-17(2)8-10-18/h3-5,12H,6-11,13H2,1-2H3. The summed E-state index contributed by atoms with van der Waals surface area (Å²) >= 11 is 0. The minimum absolute atomic E-state index is 0.211. The summed E-state index contributed by atoms with van der Waals surface area (Å²) < 4.78 is 5.60. The van der Waals surface area contributed by atoms with Crippen molar-refractivity contribution < 1.29 is 9.53 Å². The van der Waals surface area contributed by atoms with Crippen molar-refractivity contribution in [3.8, 4) is 0 Å². The van der Waals surface area contributed by atoms with E-state index in [1.165, 1.54) is 5.56 Å². The molecule has 0 atom stereocenters. The molecule has 1 aromatic carbocycles. The van der Waals surface area contributed by atoms with Crippen LogP contribution in [-0.2, 0) is 16.1 Å². The summed E-state index contributed by atoms with van der Waals surface area (Å²) in [6.07, 6.45) is 0.482. The molecule has 0 unspecified atom stereocenters. The number of nitrogens with zero attached hydrogens (tertiary/aromatic N) is 2. The number of ether oxygens (including phenoxy) is 1. The summed E-state index contributed by atoms with van der Waals surface area (Å²) in [5, 5.41) is 0. The number of likely N-dealkylation sites (N-methyl/N-ethyl adjacent to an activating group) is 1. The Hall–Kier alpha value is -1.39. The Labute approximate surface area is 121 Å². The summed E-state index contributed by atoms with van der Waals surface area (Å²) in [7, 11) is 2.09. The molecule has 0 radical (unpaired) electrons. The van der Waals surface area contributed by atoms with Crippen LogP contribution in [0.3, 0.4) is 0 Å². The lowest BCUT2D eigenvalue weighted by atomic mass is 10.1. The SMILES string of the molecule is Cc1cccc(COCCC(=O)N2CCN(C)CC2)c1. The molecule has 0 aliphatic carbocycles. The molecule has 0 saturated carbocycles. The maximum Gasteiger partial charge on any atom is 0.224 e. The predicted octanol–water partition coefficient (Wildman–Crippen LogP) is 1.68. The molecule has 1 aliphatic rings. The van der Waals surface area contributed by atoms with E-state index in [9.17, 15) is 4.79 Å². The lowest BCUT2D eigenvalue weighted by Crippen LogP contribution is -2.47. The Bertz CT molecular complexity index is 440. The summed E-state index contributed by atoms with van der Waals surface area (Å²) in [5.41, 5.74) is 2.40. The minimum atomic E-state index is 0.211. The zero-order valence-electron chi connectivity index (χ0n) is 12.5. The molecule has 1 aromatic rings. The summed E-state index contributed by atoms with van der Waals surface area (Å²) in [6.45, 7) is 6.77. The maximum atomic E-state index is 12.0. The molecule has 4 heteroatoms. The molecular formula is C16H24N2O2. The first kappa shape index (κ1) is 15.0. The van der Waals surface area contributed by atoms with Gasteiger partial charge in [-0.15, -0.1) is 0 Å². The van der Waals surface area contributed by atoms with Crippen LogP contribution in [0.1, 0.15) is 17.5 Å². The van der Waals surface area contributed by atoms with Crippen LogP contribution in [0, 0.1) is 6.92 Å².